The molecule has 0 aliphatic heterocycles. The van der Waals surface area contributed by atoms with Gasteiger partial charge in [-0.25, -0.2) is 14.4 Å². The summed E-state index contributed by atoms with van der Waals surface area (Å²) in [5.41, 5.74) is 3.69. The van der Waals surface area contributed by atoms with Gasteiger partial charge in [0.25, 0.3) is 0 Å². The van der Waals surface area contributed by atoms with Crippen LogP contribution in [0.5, 0.6) is 0 Å². The van der Waals surface area contributed by atoms with E-state index in [2.05, 4.69) is 35.5 Å². The second kappa shape index (κ2) is 6.59. The number of fused-ring (bicyclic) bond motifs is 1. The van der Waals surface area contributed by atoms with E-state index in [4.69, 9.17) is 0 Å². The molecular formula is C19H19FN8. The molecule has 5 rings (SSSR count). The van der Waals surface area contributed by atoms with Crippen LogP contribution in [0.1, 0.15) is 23.7 Å². The number of H-pyrrole nitrogens is 2. The third kappa shape index (κ3) is 3.26. The SMILES string of the molecule is CN(Cc1ccc2[nH]ccc2n1)c1nccc(Nc2cc([C@@H]3C[C@@H]3F)[nH]n2)n1. The van der Waals surface area contributed by atoms with Crippen molar-refractivity contribution in [1.29, 1.82) is 0 Å². The normalized spacial score (nSPS) is 18.4. The first-order chi connectivity index (χ1) is 13.7. The number of hydrogen-bond acceptors (Lipinski definition) is 6. The fraction of sp³-hybridized carbons (Fsp3) is 0.263. The first kappa shape index (κ1) is 16.7. The van der Waals surface area contributed by atoms with Gasteiger partial charge in [-0.3, -0.25) is 5.10 Å². The molecule has 4 heterocycles. The van der Waals surface area contributed by atoms with Gasteiger partial charge < -0.3 is 15.2 Å². The number of alkyl halides is 1. The topological polar surface area (TPSA) is 98.4 Å². The van der Waals surface area contributed by atoms with Gasteiger partial charge in [-0.05, 0) is 30.7 Å². The summed E-state index contributed by atoms with van der Waals surface area (Å²) in [6, 6.07) is 9.54. The van der Waals surface area contributed by atoms with Crippen LogP contribution in [0.25, 0.3) is 11.0 Å². The summed E-state index contributed by atoms with van der Waals surface area (Å²) < 4.78 is 13.2. The molecule has 1 fully saturated rings. The number of rotatable bonds is 6. The van der Waals surface area contributed by atoms with Crippen molar-refractivity contribution in [3.05, 3.63) is 54.1 Å². The third-order valence-corrected chi connectivity index (χ3v) is 4.81. The van der Waals surface area contributed by atoms with Gasteiger partial charge in [-0.15, -0.1) is 0 Å². The van der Waals surface area contributed by atoms with E-state index in [9.17, 15) is 4.39 Å². The Bertz CT molecular complexity index is 1120. The van der Waals surface area contributed by atoms with Crippen LogP contribution >= 0.6 is 0 Å². The second-order valence-electron chi connectivity index (χ2n) is 7.00. The Morgan fingerprint density at radius 1 is 1.21 bits per heavy atom. The van der Waals surface area contributed by atoms with E-state index in [1.165, 1.54) is 0 Å². The Balaban J connectivity index is 1.29. The highest BCUT2D eigenvalue weighted by Crippen LogP contribution is 2.43. The Morgan fingerprint density at radius 2 is 2.11 bits per heavy atom. The van der Waals surface area contributed by atoms with Gasteiger partial charge in [0.15, 0.2) is 5.82 Å². The standard InChI is InChI=1S/C19H19FN8/c1-28(10-11-2-3-14-15(23-11)4-6-21-14)19-22-7-5-17(25-19)24-18-9-16(26-27-18)12-8-13(12)20/h2-7,9,12-13,21H,8,10H2,1H3,(H2,22,24,25,26,27)/t12-,13+/m1/s1. The van der Waals surface area contributed by atoms with Crippen LogP contribution in [0.3, 0.4) is 0 Å². The van der Waals surface area contributed by atoms with Crippen LogP contribution in [0.4, 0.5) is 22.0 Å². The fourth-order valence-corrected chi connectivity index (χ4v) is 3.19. The number of nitrogens with zero attached hydrogens (tertiary/aromatic N) is 5. The number of nitrogens with one attached hydrogen (secondary N) is 3. The maximum absolute atomic E-state index is 13.2. The van der Waals surface area contributed by atoms with Crippen molar-refractivity contribution < 1.29 is 4.39 Å². The number of anilines is 3. The summed E-state index contributed by atoms with van der Waals surface area (Å²) >= 11 is 0. The molecule has 0 radical (unpaired) electrons. The van der Waals surface area contributed by atoms with Crippen molar-refractivity contribution in [1.82, 2.24) is 30.1 Å². The third-order valence-electron chi connectivity index (χ3n) is 4.81. The molecule has 28 heavy (non-hydrogen) atoms. The Hall–Kier alpha value is -3.49. The first-order valence-electron chi connectivity index (χ1n) is 9.09. The maximum atomic E-state index is 13.2. The summed E-state index contributed by atoms with van der Waals surface area (Å²) in [7, 11) is 1.92. The molecule has 142 valence electrons. The van der Waals surface area contributed by atoms with Crippen molar-refractivity contribution in [2.24, 2.45) is 0 Å². The molecule has 0 amide bonds. The minimum Gasteiger partial charge on any atom is -0.360 e. The average Bonchev–Trinajstić information content (AvgIpc) is 3.09. The van der Waals surface area contributed by atoms with E-state index in [1.807, 2.05) is 42.4 Å². The molecule has 2 atom stereocenters. The molecule has 0 bridgehead atoms. The minimum absolute atomic E-state index is 0.0555. The summed E-state index contributed by atoms with van der Waals surface area (Å²) in [6.45, 7) is 0.580. The monoisotopic (exact) mass is 378 g/mol. The van der Waals surface area contributed by atoms with Crippen molar-refractivity contribution in [2.45, 2.75) is 25.1 Å². The zero-order chi connectivity index (χ0) is 19.1. The van der Waals surface area contributed by atoms with Crippen LogP contribution in [-0.4, -0.2) is 43.4 Å². The average molecular weight is 378 g/mol. The lowest BCUT2D eigenvalue weighted by Crippen LogP contribution is -2.20. The van der Waals surface area contributed by atoms with Gasteiger partial charge in [0.05, 0.1) is 23.3 Å². The van der Waals surface area contributed by atoms with Crippen LogP contribution in [0.2, 0.25) is 0 Å². The number of pyridine rings is 1. The Morgan fingerprint density at radius 3 is 2.96 bits per heavy atom. The largest absolute Gasteiger partial charge is 0.360 e. The zero-order valence-electron chi connectivity index (χ0n) is 15.2. The van der Waals surface area contributed by atoms with Crippen molar-refractivity contribution in [3.63, 3.8) is 0 Å². The second-order valence-corrected chi connectivity index (χ2v) is 7.00. The number of hydrogen-bond donors (Lipinski definition) is 3. The summed E-state index contributed by atoms with van der Waals surface area (Å²) in [5, 5.41) is 10.2. The highest BCUT2D eigenvalue weighted by atomic mass is 19.1. The van der Waals surface area contributed by atoms with Crippen LogP contribution in [0.15, 0.2) is 42.7 Å². The predicted molar refractivity (Wildman–Crippen MR) is 104 cm³/mol. The lowest BCUT2D eigenvalue weighted by molar-refractivity contribution is 0.466. The van der Waals surface area contributed by atoms with E-state index >= 15 is 0 Å². The molecule has 4 aromatic heterocycles. The molecular weight excluding hydrogens is 359 g/mol. The lowest BCUT2D eigenvalue weighted by atomic mass is 10.3. The van der Waals surface area contributed by atoms with E-state index in [0.29, 0.717) is 30.5 Å². The van der Waals surface area contributed by atoms with Gasteiger partial charge in [0.2, 0.25) is 5.95 Å². The summed E-state index contributed by atoms with van der Waals surface area (Å²) in [6.07, 6.45) is 3.37. The van der Waals surface area contributed by atoms with Crippen LogP contribution in [-0.2, 0) is 6.54 Å². The molecule has 0 saturated heterocycles. The zero-order valence-corrected chi connectivity index (χ0v) is 15.2. The van der Waals surface area contributed by atoms with Gasteiger partial charge >= 0.3 is 0 Å². The number of halogens is 1. The number of aromatic amines is 2. The highest BCUT2D eigenvalue weighted by Gasteiger charge is 2.40. The minimum atomic E-state index is -0.758. The highest BCUT2D eigenvalue weighted by molar-refractivity contribution is 5.74. The van der Waals surface area contributed by atoms with E-state index in [1.54, 1.807) is 12.3 Å². The predicted octanol–water partition coefficient (Wildman–Crippen LogP) is 3.28. The molecule has 1 saturated carbocycles. The van der Waals surface area contributed by atoms with Crippen molar-refractivity contribution >= 4 is 28.6 Å². The molecule has 1 aliphatic carbocycles. The molecule has 9 heteroatoms. The van der Waals surface area contributed by atoms with Crippen molar-refractivity contribution in [3.8, 4) is 0 Å². The van der Waals surface area contributed by atoms with Crippen molar-refractivity contribution in [2.75, 3.05) is 17.3 Å². The van der Waals surface area contributed by atoms with Gasteiger partial charge in [-0.1, -0.05) is 0 Å². The van der Waals surface area contributed by atoms with Gasteiger partial charge in [-0.2, -0.15) is 10.1 Å². The molecule has 3 N–H and O–H groups in total. The Kier molecular flexibility index (Phi) is 3.92. The van der Waals surface area contributed by atoms with Gasteiger partial charge in [0.1, 0.15) is 12.0 Å². The molecule has 8 nitrogen and oxygen atoms in total. The quantitative estimate of drug-likeness (QED) is 0.476. The maximum Gasteiger partial charge on any atom is 0.227 e. The Labute approximate surface area is 160 Å². The molecule has 1 aliphatic rings. The summed E-state index contributed by atoms with van der Waals surface area (Å²) in [5.74, 6) is 1.75. The first-order valence-corrected chi connectivity index (χ1v) is 9.09. The fourth-order valence-electron chi connectivity index (χ4n) is 3.19. The summed E-state index contributed by atoms with van der Waals surface area (Å²) in [4.78, 5) is 18.6. The van der Waals surface area contributed by atoms with Crippen LogP contribution < -0.4 is 10.2 Å². The van der Waals surface area contributed by atoms with Gasteiger partial charge in [0, 0.05) is 37.1 Å². The van der Waals surface area contributed by atoms with Crippen LogP contribution in [0, 0.1) is 0 Å². The smallest absolute Gasteiger partial charge is 0.227 e. The molecule has 0 aromatic carbocycles. The van der Waals surface area contributed by atoms with E-state index in [-0.39, 0.29) is 5.92 Å². The molecule has 4 aromatic rings. The number of aromatic nitrogens is 6. The lowest BCUT2D eigenvalue weighted by Gasteiger charge is -2.17. The molecule has 0 unspecified atom stereocenters. The molecule has 0 spiro atoms. The van der Waals surface area contributed by atoms with E-state index in [0.717, 1.165) is 22.4 Å². The van der Waals surface area contributed by atoms with E-state index < -0.39 is 6.17 Å².